The third-order valence-electron chi connectivity index (χ3n) is 2.93. The minimum atomic E-state index is 0.209. The summed E-state index contributed by atoms with van der Waals surface area (Å²) in [6.45, 7) is 3.75. The van der Waals surface area contributed by atoms with Gasteiger partial charge in [0.2, 0.25) is 0 Å². The van der Waals surface area contributed by atoms with E-state index >= 15 is 0 Å². The molecule has 0 fully saturated rings. The van der Waals surface area contributed by atoms with Crippen molar-refractivity contribution in [1.29, 1.82) is 10.5 Å². The van der Waals surface area contributed by atoms with Crippen LogP contribution in [0.4, 0.5) is 5.82 Å². The van der Waals surface area contributed by atoms with Gasteiger partial charge < -0.3 is 5.73 Å². The predicted molar refractivity (Wildman–Crippen MR) is 60.0 cm³/mol. The monoisotopic (exact) mass is 210 g/mol. The van der Waals surface area contributed by atoms with Crippen LogP contribution in [0, 0.1) is 29.6 Å². The molecule has 0 spiro atoms. The van der Waals surface area contributed by atoms with Gasteiger partial charge in [0.25, 0.3) is 0 Å². The highest BCUT2D eigenvalue weighted by Crippen LogP contribution is 2.35. The first-order valence-electron chi connectivity index (χ1n) is 4.89. The molecule has 2 rings (SSSR count). The molecule has 4 heteroatoms. The number of nitrogen functional groups attached to an aromatic ring is 1. The largest absolute Gasteiger partial charge is 0.383 e. The maximum Gasteiger partial charge on any atom is 0.142 e. The number of nitrogens with zero attached hydrogens (tertiary/aromatic N) is 3. The number of anilines is 1. The van der Waals surface area contributed by atoms with Crippen LogP contribution in [-0.4, -0.2) is 4.98 Å². The summed E-state index contributed by atoms with van der Waals surface area (Å²) in [5, 5.41) is 18.0. The van der Waals surface area contributed by atoms with Crippen LogP contribution in [0.2, 0.25) is 0 Å². The van der Waals surface area contributed by atoms with Gasteiger partial charge in [-0.05, 0) is 37.0 Å². The van der Waals surface area contributed by atoms with Gasteiger partial charge in [-0.1, -0.05) is 0 Å². The first kappa shape index (κ1) is 10.2. The second kappa shape index (κ2) is 3.36. The second-order valence-electron chi connectivity index (χ2n) is 3.88. The van der Waals surface area contributed by atoms with Gasteiger partial charge in [0.05, 0.1) is 16.8 Å². The number of pyridine rings is 1. The first-order chi connectivity index (χ1) is 7.60. The van der Waals surface area contributed by atoms with E-state index in [9.17, 15) is 0 Å². The lowest BCUT2D eigenvalue weighted by atomic mass is 10.0. The zero-order chi connectivity index (χ0) is 11.9. The van der Waals surface area contributed by atoms with Gasteiger partial charge in [-0.2, -0.15) is 10.5 Å². The van der Waals surface area contributed by atoms with E-state index in [2.05, 4.69) is 17.1 Å². The van der Waals surface area contributed by atoms with Gasteiger partial charge in [0.15, 0.2) is 0 Å². The summed E-state index contributed by atoms with van der Waals surface area (Å²) in [5.41, 5.74) is 10.2. The van der Waals surface area contributed by atoms with E-state index in [1.807, 2.05) is 13.8 Å². The molecule has 0 unspecified atom stereocenters. The number of hydrogen-bond acceptors (Lipinski definition) is 4. The number of allylic oxidation sites excluding steroid dienone is 2. The van der Waals surface area contributed by atoms with Crippen molar-refractivity contribution < 1.29 is 0 Å². The van der Waals surface area contributed by atoms with Crippen LogP contribution in [-0.2, 0) is 6.42 Å². The molecule has 0 aromatic carbocycles. The van der Waals surface area contributed by atoms with Gasteiger partial charge in [-0.3, -0.25) is 0 Å². The maximum absolute atomic E-state index is 9.04. The molecule has 1 aliphatic carbocycles. The summed E-state index contributed by atoms with van der Waals surface area (Å²) in [5.74, 6) is 0.209. The standard InChI is InChI=1S/C12H10N4/c1-6-3-8-7(2)10(5-14)12(15)16-11(8)9(6)4-13/h3H2,1-2H3,(H2,15,16). The SMILES string of the molecule is CC1=C(C#N)c2nc(N)c(C#N)c(C)c2C1. The highest BCUT2D eigenvalue weighted by molar-refractivity contribution is 5.85. The van der Waals surface area contributed by atoms with E-state index in [0.717, 1.165) is 16.7 Å². The molecule has 78 valence electrons. The highest BCUT2D eigenvalue weighted by Gasteiger charge is 2.25. The molecular formula is C12H10N4. The zero-order valence-electron chi connectivity index (χ0n) is 9.13. The van der Waals surface area contributed by atoms with Crippen molar-refractivity contribution in [2.45, 2.75) is 20.3 Å². The molecule has 0 radical (unpaired) electrons. The molecule has 0 saturated heterocycles. The summed E-state index contributed by atoms with van der Waals surface area (Å²) < 4.78 is 0. The Morgan fingerprint density at radius 2 is 1.94 bits per heavy atom. The Balaban J connectivity index is 2.77. The number of fused-ring (bicyclic) bond motifs is 1. The average molecular weight is 210 g/mol. The minimum absolute atomic E-state index is 0.209. The molecule has 1 heterocycles. The molecule has 16 heavy (non-hydrogen) atoms. The maximum atomic E-state index is 9.04. The molecule has 0 saturated carbocycles. The molecule has 0 atom stereocenters. The number of aromatic nitrogens is 1. The van der Waals surface area contributed by atoms with E-state index in [4.69, 9.17) is 16.3 Å². The highest BCUT2D eigenvalue weighted by atomic mass is 14.9. The smallest absolute Gasteiger partial charge is 0.142 e. The lowest BCUT2D eigenvalue weighted by molar-refractivity contribution is 1.12. The van der Waals surface area contributed by atoms with Gasteiger partial charge >= 0.3 is 0 Å². The van der Waals surface area contributed by atoms with E-state index in [0.29, 0.717) is 23.3 Å². The molecule has 4 nitrogen and oxygen atoms in total. The molecule has 1 aliphatic rings. The van der Waals surface area contributed by atoms with Crippen molar-refractivity contribution in [3.05, 3.63) is 28.0 Å². The van der Waals surface area contributed by atoms with Crippen LogP contribution >= 0.6 is 0 Å². The van der Waals surface area contributed by atoms with E-state index in [1.54, 1.807) is 0 Å². The Bertz CT molecular complexity index is 597. The predicted octanol–water partition coefficient (Wildman–Crippen LogP) is 1.70. The van der Waals surface area contributed by atoms with Gasteiger partial charge in [0, 0.05) is 0 Å². The van der Waals surface area contributed by atoms with Crippen molar-refractivity contribution in [1.82, 2.24) is 4.98 Å². The minimum Gasteiger partial charge on any atom is -0.383 e. The zero-order valence-corrected chi connectivity index (χ0v) is 9.13. The fraction of sp³-hybridized carbons (Fsp3) is 0.250. The Morgan fingerprint density at radius 1 is 1.25 bits per heavy atom. The van der Waals surface area contributed by atoms with Gasteiger partial charge in [-0.15, -0.1) is 0 Å². The molecule has 1 aromatic rings. The molecule has 1 aromatic heterocycles. The molecule has 0 amide bonds. The summed E-state index contributed by atoms with van der Waals surface area (Å²) in [7, 11) is 0. The third-order valence-corrected chi connectivity index (χ3v) is 2.93. The Hall–Kier alpha value is -2.33. The van der Waals surface area contributed by atoms with Crippen LogP contribution in [0.1, 0.15) is 29.3 Å². The number of rotatable bonds is 0. The lowest BCUT2D eigenvalue weighted by Gasteiger charge is -2.08. The molecule has 2 N–H and O–H groups in total. The molecule has 0 aliphatic heterocycles. The number of hydrogen-bond donors (Lipinski definition) is 1. The van der Waals surface area contributed by atoms with Crippen molar-refractivity contribution >= 4 is 11.4 Å². The van der Waals surface area contributed by atoms with Crippen LogP contribution in [0.25, 0.3) is 5.57 Å². The lowest BCUT2D eigenvalue weighted by Crippen LogP contribution is -2.03. The van der Waals surface area contributed by atoms with Gasteiger partial charge in [-0.25, -0.2) is 4.98 Å². The first-order valence-corrected chi connectivity index (χ1v) is 4.89. The van der Waals surface area contributed by atoms with Crippen molar-refractivity contribution in [2.75, 3.05) is 5.73 Å². The van der Waals surface area contributed by atoms with E-state index < -0.39 is 0 Å². The fourth-order valence-electron chi connectivity index (χ4n) is 2.03. The van der Waals surface area contributed by atoms with Crippen LogP contribution in [0.15, 0.2) is 5.57 Å². The summed E-state index contributed by atoms with van der Waals surface area (Å²) in [4.78, 5) is 4.16. The quantitative estimate of drug-likeness (QED) is 0.706. The van der Waals surface area contributed by atoms with Crippen molar-refractivity contribution in [3.8, 4) is 12.1 Å². The number of nitriles is 2. The number of nitrogens with two attached hydrogens (primary N) is 1. The van der Waals surface area contributed by atoms with E-state index in [1.165, 1.54) is 0 Å². The van der Waals surface area contributed by atoms with Crippen molar-refractivity contribution in [2.24, 2.45) is 0 Å². The van der Waals surface area contributed by atoms with Gasteiger partial charge in [0.1, 0.15) is 18.0 Å². The molecule has 0 bridgehead atoms. The fourth-order valence-corrected chi connectivity index (χ4v) is 2.03. The summed E-state index contributed by atoms with van der Waals surface area (Å²) >= 11 is 0. The van der Waals surface area contributed by atoms with Crippen molar-refractivity contribution in [3.63, 3.8) is 0 Å². The van der Waals surface area contributed by atoms with Crippen LogP contribution in [0.5, 0.6) is 0 Å². The summed E-state index contributed by atoms with van der Waals surface area (Å²) in [6.07, 6.45) is 0.687. The third kappa shape index (κ3) is 1.17. The average Bonchev–Trinajstić information content (AvgIpc) is 2.55. The normalized spacial score (nSPS) is 13.2. The Labute approximate surface area is 93.6 Å². The second-order valence-corrected chi connectivity index (χ2v) is 3.88. The van der Waals surface area contributed by atoms with Crippen LogP contribution in [0.3, 0.4) is 0 Å². The Kier molecular flexibility index (Phi) is 2.14. The van der Waals surface area contributed by atoms with E-state index in [-0.39, 0.29) is 5.82 Å². The topological polar surface area (TPSA) is 86.5 Å². The van der Waals surface area contributed by atoms with Crippen LogP contribution < -0.4 is 5.73 Å². The molecular weight excluding hydrogens is 200 g/mol. The Morgan fingerprint density at radius 3 is 2.50 bits per heavy atom. The summed E-state index contributed by atoms with van der Waals surface area (Å²) in [6, 6.07) is 4.19.